The Morgan fingerprint density at radius 1 is 1.42 bits per heavy atom. The van der Waals surface area contributed by atoms with Crippen molar-refractivity contribution >= 4 is 9.84 Å². The topological polar surface area (TPSA) is 46.2 Å². The summed E-state index contributed by atoms with van der Waals surface area (Å²) < 4.78 is 22.5. The van der Waals surface area contributed by atoms with Crippen molar-refractivity contribution in [2.24, 2.45) is 11.8 Å². The highest BCUT2D eigenvalue weighted by Crippen LogP contribution is 2.30. The van der Waals surface area contributed by atoms with Crippen molar-refractivity contribution in [3.05, 3.63) is 11.6 Å². The fraction of sp³-hybridized carbons (Fsp3) is 0.867. The van der Waals surface area contributed by atoms with E-state index in [4.69, 9.17) is 0 Å². The van der Waals surface area contributed by atoms with Gasteiger partial charge >= 0.3 is 0 Å². The second-order valence-corrected chi connectivity index (χ2v) is 9.01. The molecule has 2 atom stereocenters. The number of sulfone groups is 1. The summed E-state index contributed by atoms with van der Waals surface area (Å²) in [5.41, 5.74) is 1.35. The largest absolute Gasteiger partial charge is 0.311 e. The molecule has 112 valence electrons. The summed E-state index contributed by atoms with van der Waals surface area (Å²) in [6.45, 7) is 9.65. The molecule has 0 aromatic rings. The number of hydrogen-bond donors (Lipinski definition) is 1. The van der Waals surface area contributed by atoms with Gasteiger partial charge in [-0.2, -0.15) is 0 Å². The maximum absolute atomic E-state index is 11.3. The van der Waals surface area contributed by atoms with Gasteiger partial charge in [-0.3, -0.25) is 0 Å². The molecule has 0 amide bonds. The van der Waals surface area contributed by atoms with Crippen LogP contribution in [0.15, 0.2) is 11.6 Å². The maximum Gasteiger partial charge on any atom is 0.147 e. The molecule has 0 aromatic carbocycles. The van der Waals surface area contributed by atoms with Crippen molar-refractivity contribution in [1.82, 2.24) is 5.32 Å². The average Bonchev–Trinajstić information content (AvgIpc) is 2.25. The minimum absolute atomic E-state index is 0.124. The number of hydrogen-bond acceptors (Lipinski definition) is 3. The molecule has 19 heavy (non-hydrogen) atoms. The molecule has 0 radical (unpaired) electrons. The van der Waals surface area contributed by atoms with Gasteiger partial charge in [-0.15, -0.1) is 0 Å². The average molecular weight is 287 g/mol. The van der Waals surface area contributed by atoms with Gasteiger partial charge in [-0.25, -0.2) is 8.42 Å². The monoisotopic (exact) mass is 287 g/mol. The SMILES string of the molecule is CC1=CCC[C@@H](C)[C@@H]1CNC(C)(C)CCS(C)(=O)=O. The van der Waals surface area contributed by atoms with Crippen LogP contribution in [0.2, 0.25) is 0 Å². The molecule has 3 nitrogen and oxygen atoms in total. The first-order valence-corrected chi connectivity index (χ1v) is 9.26. The minimum atomic E-state index is -2.87. The van der Waals surface area contributed by atoms with Crippen molar-refractivity contribution in [1.29, 1.82) is 0 Å². The van der Waals surface area contributed by atoms with Crippen LogP contribution in [-0.2, 0) is 9.84 Å². The zero-order valence-corrected chi connectivity index (χ0v) is 13.8. The third kappa shape index (κ3) is 6.09. The number of rotatable bonds is 6. The number of allylic oxidation sites excluding steroid dienone is 1. The molecular formula is C15H29NO2S. The second kappa shape index (κ2) is 6.40. The standard InChI is InChI=1S/C15H29NO2S/c1-12-7-6-8-13(2)14(12)11-16-15(3,4)9-10-19(5,17)18/h7,13-14,16H,6,8-11H2,1-5H3/t13-,14-/m1/s1. The maximum atomic E-state index is 11.3. The molecule has 1 rings (SSSR count). The zero-order chi connectivity index (χ0) is 14.7. The van der Waals surface area contributed by atoms with E-state index < -0.39 is 9.84 Å². The first kappa shape index (κ1) is 16.7. The number of nitrogens with one attached hydrogen (secondary N) is 1. The summed E-state index contributed by atoms with van der Waals surface area (Å²) in [6.07, 6.45) is 6.76. The molecule has 0 saturated heterocycles. The fourth-order valence-corrected chi connectivity index (χ4v) is 3.53. The summed E-state index contributed by atoms with van der Waals surface area (Å²) in [7, 11) is -2.87. The predicted octanol–water partition coefficient (Wildman–Crippen LogP) is 2.78. The fourth-order valence-electron chi connectivity index (χ4n) is 2.65. The lowest BCUT2D eigenvalue weighted by atomic mass is 9.79. The highest BCUT2D eigenvalue weighted by atomic mass is 32.2. The lowest BCUT2D eigenvalue weighted by Gasteiger charge is -2.33. The van der Waals surface area contributed by atoms with E-state index in [1.54, 1.807) is 0 Å². The van der Waals surface area contributed by atoms with Gasteiger partial charge in [0.1, 0.15) is 9.84 Å². The van der Waals surface area contributed by atoms with Gasteiger partial charge in [0.25, 0.3) is 0 Å². The van der Waals surface area contributed by atoms with Gasteiger partial charge in [0.05, 0.1) is 5.75 Å². The Hall–Kier alpha value is -0.350. The van der Waals surface area contributed by atoms with Crippen molar-refractivity contribution in [2.75, 3.05) is 18.6 Å². The third-order valence-electron chi connectivity index (χ3n) is 4.26. The summed E-state index contributed by atoms with van der Waals surface area (Å²) >= 11 is 0. The summed E-state index contributed by atoms with van der Waals surface area (Å²) in [4.78, 5) is 0. The van der Waals surface area contributed by atoms with Crippen molar-refractivity contribution < 1.29 is 8.42 Å². The smallest absolute Gasteiger partial charge is 0.147 e. The molecule has 0 saturated carbocycles. The van der Waals surface area contributed by atoms with Crippen molar-refractivity contribution in [2.45, 2.75) is 52.5 Å². The predicted molar refractivity (Wildman–Crippen MR) is 82.1 cm³/mol. The van der Waals surface area contributed by atoms with Gasteiger partial charge in [0.2, 0.25) is 0 Å². The molecule has 0 bridgehead atoms. The Morgan fingerprint density at radius 3 is 2.58 bits per heavy atom. The van der Waals surface area contributed by atoms with E-state index in [2.05, 4.69) is 39.1 Å². The Balaban J connectivity index is 2.50. The molecule has 0 aromatic heterocycles. The van der Waals surface area contributed by atoms with Gasteiger partial charge in [0, 0.05) is 18.3 Å². The summed E-state index contributed by atoms with van der Waals surface area (Å²) in [5, 5.41) is 3.56. The molecule has 1 aliphatic carbocycles. The summed E-state index contributed by atoms with van der Waals surface area (Å²) in [5.74, 6) is 1.55. The van der Waals surface area contributed by atoms with E-state index in [-0.39, 0.29) is 11.3 Å². The molecule has 0 unspecified atom stereocenters. The molecule has 1 N–H and O–H groups in total. The Kier molecular flexibility index (Phi) is 5.63. The highest BCUT2D eigenvalue weighted by molar-refractivity contribution is 7.90. The van der Waals surface area contributed by atoms with Crippen LogP contribution in [0, 0.1) is 11.8 Å². The third-order valence-corrected chi connectivity index (χ3v) is 5.20. The van der Waals surface area contributed by atoms with Crippen molar-refractivity contribution in [3.63, 3.8) is 0 Å². The van der Waals surface area contributed by atoms with E-state index in [1.165, 1.54) is 24.7 Å². The second-order valence-electron chi connectivity index (χ2n) is 6.75. The lowest BCUT2D eigenvalue weighted by molar-refractivity contribution is 0.295. The minimum Gasteiger partial charge on any atom is -0.311 e. The molecule has 4 heteroatoms. The zero-order valence-electron chi connectivity index (χ0n) is 13.0. The summed E-state index contributed by atoms with van der Waals surface area (Å²) in [6, 6.07) is 0. The molecule has 1 aliphatic rings. The van der Waals surface area contributed by atoms with Crippen molar-refractivity contribution in [3.8, 4) is 0 Å². The molecular weight excluding hydrogens is 258 g/mol. The molecule has 0 spiro atoms. The van der Waals surface area contributed by atoms with Crippen LogP contribution in [0.3, 0.4) is 0 Å². The van der Waals surface area contributed by atoms with Gasteiger partial charge in [-0.05, 0) is 51.9 Å². The first-order valence-electron chi connectivity index (χ1n) is 7.20. The van der Waals surface area contributed by atoms with Gasteiger partial charge in [0.15, 0.2) is 0 Å². The quantitative estimate of drug-likeness (QED) is 0.764. The molecule has 0 aliphatic heterocycles. The Morgan fingerprint density at radius 2 is 2.05 bits per heavy atom. The van der Waals surface area contributed by atoms with Crippen LogP contribution in [0.1, 0.15) is 47.0 Å². The van der Waals surface area contributed by atoms with E-state index in [0.29, 0.717) is 18.3 Å². The van der Waals surface area contributed by atoms with E-state index in [9.17, 15) is 8.42 Å². The van der Waals surface area contributed by atoms with Crippen LogP contribution in [0.5, 0.6) is 0 Å². The van der Waals surface area contributed by atoms with Gasteiger partial charge in [-0.1, -0.05) is 18.6 Å². The van der Waals surface area contributed by atoms with E-state index >= 15 is 0 Å². The molecule has 0 fully saturated rings. The highest BCUT2D eigenvalue weighted by Gasteiger charge is 2.25. The van der Waals surface area contributed by atoms with Crippen LogP contribution in [-0.4, -0.2) is 32.5 Å². The lowest BCUT2D eigenvalue weighted by Crippen LogP contribution is -2.44. The molecule has 0 heterocycles. The Bertz CT molecular complexity index is 423. The van der Waals surface area contributed by atoms with Gasteiger partial charge < -0.3 is 5.32 Å². The van der Waals surface area contributed by atoms with E-state index in [1.807, 2.05) is 0 Å². The van der Waals surface area contributed by atoms with E-state index in [0.717, 1.165) is 6.54 Å². The van der Waals surface area contributed by atoms with Crippen LogP contribution >= 0.6 is 0 Å². The Labute approximate surface area is 118 Å². The van der Waals surface area contributed by atoms with Crippen LogP contribution in [0.25, 0.3) is 0 Å². The van der Waals surface area contributed by atoms with Crippen LogP contribution in [0.4, 0.5) is 0 Å². The first-order chi connectivity index (χ1) is 8.61. The normalized spacial score (nSPS) is 25.2. The van der Waals surface area contributed by atoms with Crippen LogP contribution < -0.4 is 5.32 Å².